The van der Waals surface area contributed by atoms with Crippen LogP contribution in [-0.2, 0) is 17.8 Å². The number of benzene rings is 2. The Morgan fingerprint density at radius 2 is 1.82 bits per heavy atom. The normalized spacial score (nSPS) is 15.6. The van der Waals surface area contributed by atoms with Crippen LogP contribution in [0.2, 0.25) is 0 Å². The first-order valence-electron chi connectivity index (χ1n) is 12.6. The Labute approximate surface area is 219 Å². The highest BCUT2D eigenvalue weighted by molar-refractivity contribution is 5.76. The van der Waals surface area contributed by atoms with Gasteiger partial charge >= 0.3 is 5.69 Å². The minimum atomic E-state index is -2.57. The van der Waals surface area contributed by atoms with Gasteiger partial charge in [0.1, 0.15) is 6.54 Å². The molecule has 4 rings (SSSR count). The summed E-state index contributed by atoms with van der Waals surface area (Å²) in [6, 6.07) is 11.2. The number of carbonyl (C=O) groups is 1. The largest absolute Gasteiger partial charge is 0.494 e. The molecule has 2 aromatic carbocycles. The van der Waals surface area contributed by atoms with Crippen molar-refractivity contribution in [3.8, 4) is 22.8 Å². The second-order valence-corrected chi connectivity index (χ2v) is 9.79. The van der Waals surface area contributed by atoms with Crippen molar-refractivity contribution >= 4 is 5.91 Å². The second kappa shape index (κ2) is 11.4. The zero-order valence-corrected chi connectivity index (χ0v) is 21.7. The molecule has 0 saturated carbocycles. The number of aromatic nitrogens is 3. The van der Waals surface area contributed by atoms with Crippen LogP contribution in [0.3, 0.4) is 0 Å². The number of carbonyl (C=O) groups excluding carboxylic acids is 1. The zero-order chi connectivity index (χ0) is 27.4. The molecule has 11 heteroatoms. The summed E-state index contributed by atoms with van der Waals surface area (Å²) < 4.78 is 48.3. The molecule has 1 aliphatic rings. The first kappa shape index (κ1) is 27.4. The molecule has 0 bridgehead atoms. The van der Waals surface area contributed by atoms with Gasteiger partial charge in [0, 0.05) is 44.1 Å². The Balaban J connectivity index is 1.59. The lowest BCUT2D eigenvalue weighted by Gasteiger charge is -2.31. The molecule has 38 heavy (non-hydrogen) atoms. The summed E-state index contributed by atoms with van der Waals surface area (Å²) in [7, 11) is 1.34. The SMILES string of the molecule is COc1cc(-c2nn(-c3ccc(CCN4CCC(F)(F)CC4)cc3)c(=O)n2CC(=O)NC(C)C)ccc1F. The van der Waals surface area contributed by atoms with E-state index in [9.17, 15) is 22.8 Å². The fourth-order valence-electron chi connectivity index (χ4n) is 4.43. The lowest BCUT2D eigenvalue weighted by atomic mass is 10.1. The lowest BCUT2D eigenvalue weighted by molar-refractivity contribution is -0.122. The summed E-state index contributed by atoms with van der Waals surface area (Å²) >= 11 is 0. The molecule has 3 aromatic rings. The molecule has 204 valence electrons. The summed E-state index contributed by atoms with van der Waals surface area (Å²) in [6.45, 7) is 4.79. The zero-order valence-electron chi connectivity index (χ0n) is 21.7. The number of amides is 1. The molecular weight excluding hydrogens is 499 g/mol. The second-order valence-electron chi connectivity index (χ2n) is 9.79. The van der Waals surface area contributed by atoms with Gasteiger partial charge in [0.15, 0.2) is 17.4 Å². The van der Waals surface area contributed by atoms with E-state index in [0.717, 1.165) is 5.56 Å². The predicted molar refractivity (Wildman–Crippen MR) is 137 cm³/mol. The van der Waals surface area contributed by atoms with E-state index in [1.807, 2.05) is 30.9 Å². The van der Waals surface area contributed by atoms with Gasteiger partial charge in [-0.15, -0.1) is 5.10 Å². The summed E-state index contributed by atoms with van der Waals surface area (Å²) in [5.41, 5.74) is 1.39. The van der Waals surface area contributed by atoms with Crippen LogP contribution < -0.4 is 15.7 Å². The molecule has 0 spiro atoms. The Kier molecular flexibility index (Phi) is 8.25. The average Bonchev–Trinajstić information content (AvgIpc) is 3.19. The number of nitrogens with one attached hydrogen (secondary N) is 1. The first-order chi connectivity index (χ1) is 18.1. The quantitative estimate of drug-likeness (QED) is 0.456. The van der Waals surface area contributed by atoms with Crippen molar-refractivity contribution in [1.82, 2.24) is 24.6 Å². The predicted octanol–water partition coefficient (Wildman–Crippen LogP) is 3.65. The summed E-state index contributed by atoms with van der Waals surface area (Å²) in [5.74, 6) is -3.30. The Hall–Kier alpha value is -3.60. The Morgan fingerprint density at radius 1 is 1.13 bits per heavy atom. The van der Waals surface area contributed by atoms with Crippen molar-refractivity contribution in [2.75, 3.05) is 26.7 Å². The van der Waals surface area contributed by atoms with Crippen LogP contribution in [0.1, 0.15) is 32.3 Å². The summed E-state index contributed by atoms with van der Waals surface area (Å²) in [5, 5.41) is 7.24. The highest BCUT2D eigenvalue weighted by atomic mass is 19.3. The van der Waals surface area contributed by atoms with Crippen LogP contribution in [0.15, 0.2) is 47.3 Å². The number of nitrogens with zero attached hydrogens (tertiary/aromatic N) is 4. The molecule has 2 heterocycles. The third-order valence-electron chi connectivity index (χ3n) is 6.51. The van der Waals surface area contributed by atoms with Gasteiger partial charge in [-0.2, -0.15) is 4.68 Å². The standard InChI is InChI=1S/C27H32F3N5O3/c1-18(2)31-24(36)17-34-25(20-6-9-22(28)23(16-20)38-3)32-35(26(34)37)21-7-4-19(5-8-21)10-13-33-14-11-27(29,30)12-15-33/h4-9,16,18H,10-15,17H2,1-3H3,(H,31,36). The van der Waals surface area contributed by atoms with Gasteiger partial charge in [-0.1, -0.05) is 12.1 Å². The van der Waals surface area contributed by atoms with Crippen molar-refractivity contribution in [2.45, 2.75) is 51.6 Å². The van der Waals surface area contributed by atoms with Gasteiger partial charge in [-0.05, 0) is 56.2 Å². The number of rotatable bonds is 9. The number of hydrogen-bond donors (Lipinski definition) is 1. The number of piperidine rings is 1. The van der Waals surface area contributed by atoms with Gasteiger partial charge < -0.3 is 15.0 Å². The number of methoxy groups -OCH3 is 1. The number of hydrogen-bond acceptors (Lipinski definition) is 5. The van der Waals surface area contributed by atoms with Crippen LogP contribution in [-0.4, -0.2) is 63.9 Å². The first-order valence-corrected chi connectivity index (χ1v) is 12.6. The molecule has 0 radical (unpaired) electrons. The van der Waals surface area contributed by atoms with Crippen LogP contribution in [0.5, 0.6) is 5.75 Å². The van der Waals surface area contributed by atoms with Crippen LogP contribution in [0.4, 0.5) is 13.2 Å². The summed E-state index contributed by atoms with van der Waals surface area (Å²) in [6.07, 6.45) is 0.453. The molecular formula is C27H32F3N5O3. The molecule has 1 aromatic heterocycles. The number of alkyl halides is 2. The van der Waals surface area contributed by atoms with Gasteiger partial charge in [0.25, 0.3) is 5.92 Å². The minimum Gasteiger partial charge on any atom is -0.494 e. The highest BCUT2D eigenvalue weighted by Crippen LogP contribution is 2.28. The van der Waals surface area contributed by atoms with E-state index in [4.69, 9.17) is 4.74 Å². The average molecular weight is 532 g/mol. The van der Waals surface area contributed by atoms with E-state index in [-0.39, 0.29) is 42.9 Å². The van der Waals surface area contributed by atoms with E-state index in [2.05, 4.69) is 10.4 Å². The molecule has 0 unspecified atom stereocenters. The number of likely N-dealkylation sites (tertiary alicyclic amines) is 1. The molecule has 1 saturated heterocycles. The molecule has 0 atom stereocenters. The van der Waals surface area contributed by atoms with Gasteiger partial charge in [-0.25, -0.2) is 18.0 Å². The van der Waals surface area contributed by atoms with Gasteiger partial charge in [-0.3, -0.25) is 9.36 Å². The Bertz CT molecular complexity index is 1320. The lowest BCUT2D eigenvalue weighted by Crippen LogP contribution is -2.40. The maximum atomic E-state index is 14.0. The smallest absolute Gasteiger partial charge is 0.351 e. The highest BCUT2D eigenvalue weighted by Gasteiger charge is 2.33. The van der Waals surface area contributed by atoms with Crippen molar-refractivity contribution in [3.05, 3.63) is 64.3 Å². The van der Waals surface area contributed by atoms with Gasteiger partial charge in [0.05, 0.1) is 12.8 Å². The van der Waals surface area contributed by atoms with Crippen LogP contribution in [0.25, 0.3) is 17.1 Å². The van der Waals surface area contributed by atoms with Crippen LogP contribution >= 0.6 is 0 Å². The molecule has 8 nitrogen and oxygen atoms in total. The van der Waals surface area contributed by atoms with Crippen molar-refractivity contribution in [3.63, 3.8) is 0 Å². The fraction of sp³-hybridized carbons (Fsp3) is 0.444. The van der Waals surface area contributed by atoms with E-state index >= 15 is 0 Å². The molecule has 1 amide bonds. The van der Waals surface area contributed by atoms with Gasteiger partial charge in [0.2, 0.25) is 5.91 Å². The van der Waals surface area contributed by atoms with Crippen molar-refractivity contribution in [2.24, 2.45) is 0 Å². The topological polar surface area (TPSA) is 81.4 Å². The Morgan fingerprint density at radius 3 is 2.45 bits per heavy atom. The van der Waals surface area contributed by atoms with E-state index in [1.54, 1.807) is 12.1 Å². The third kappa shape index (κ3) is 6.45. The van der Waals surface area contributed by atoms with E-state index < -0.39 is 17.4 Å². The molecule has 1 fully saturated rings. The van der Waals surface area contributed by atoms with Crippen molar-refractivity contribution in [1.29, 1.82) is 0 Å². The molecule has 1 aliphatic heterocycles. The monoisotopic (exact) mass is 531 g/mol. The number of halogens is 3. The van der Waals surface area contributed by atoms with Crippen molar-refractivity contribution < 1.29 is 22.7 Å². The van der Waals surface area contributed by atoms with E-state index in [1.165, 1.54) is 34.6 Å². The minimum absolute atomic E-state index is 0.00976. The van der Waals surface area contributed by atoms with E-state index in [0.29, 0.717) is 37.3 Å². The maximum Gasteiger partial charge on any atom is 0.351 e. The molecule has 1 N–H and O–H groups in total. The summed E-state index contributed by atoms with van der Waals surface area (Å²) in [4.78, 5) is 27.9. The maximum absolute atomic E-state index is 14.0. The fourth-order valence-corrected chi connectivity index (χ4v) is 4.43. The third-order valence-corrected chi connectivity index (χ3v) is 6.51. The van der Waals surface area contributed by atoms with Crippen LogP contribution in [0, 0.1) is 5.82 Å². The molecule has 0 aliphatic carbocycles. The number of ether oxygens (including phenoxy) is 1.